The van der Waals surface area contributed by atoms with Gasteiger partial charge in [0.05, 0.1) is 0 Å². The predicted octanol–water partition coefficient (Wildman–Crippen LogP) is 4.43. The van der Waals surface area contributed by atoms with E-state index in [-0.39, 0.29) is 0 Å². The molecular weight excluding hydrogens is 294 g/mol. The first-order valence-electron chi connectivity index (χ1n) is 9.27. The van der Waals surface area contributed by atoms with E-state index in [2.05, 4.69) is 61.0 Å². The molecule has 1 aromatic carbocycles. The molecule has 1 aromatic heterocycles. The number of aryl methyl sites for hydroxylation is 2. The van der Waals surface area contributed by atoms with Crippen LogP contribution in [0.5, 0.6) is 0 Å². The molecule has 4 rings (SSSR count). The lowest BCUT2D eigenvalue weighted by molar-refractivity contribution is 0.690. The number of benzene rings is 1. The van der Waals surface area contributed by atoms with Crippen LogP contribution in [-0.4, -0.2) is 22.6 Å². The van der Waals surface area contributed by atoms with Crippen LogP contribution >= 0.6 is 0 Å². The van der Waals surface area contributed by atoms with Crippen molar-refractivity contribution in [2.24, 2.45) is 5.92 Å². The molecule has 0 bridgehead atoms. The summed E-state index contributed by atoms with van der Waals surface area (Å²) in [7, 11) is 0. The standard InChI is InChI=1S/C21H27N3/c1-14-6-4-5-7-19(14)18-11-16(3)24(13-18)21-10-15(2)22-20(23-21)12-17-8-9-17/h4-7,10,16-18H,8-9,11-13H2,1-3H3. The van der Waals surface area contributed by atoms with Gasteiger partial charge in [-0.15, -0.1) is 0 Å². The molecule has 126 valence electrons. The number of hydrogen-bond donors (Lipinski definition) is 0. The molecule has 2 aromatic rings. The summed E-state index contributed by atoms with van der Waals surface area (Å²) in [5, 5.41) is 0. The van der Waals surface area contributed by atoms with Gasteiger partial charge in [-0.2, -0.15) is 0 Å². The van der Waals surface area contributed by atoms with E-state index < -0.39 is 0 Å². The predicted molar refractivity (Wildman–Crippen MR) is 98.5 cm³/mol. The van der Waals surface area contributed by atoms with Gasteiger partial charge in [0, 0.05) is 36.7 Å². The zero-order valence-corrected chi connectivity index (χ0v) is 15.0. The van der Waals surface area contributed by atoms with Crippen LogP contribution in [-0.2, 0) is 6.42 Å². The summed E-state index contributed by atoms with van der Waals surface area (Å²) in [5.41, 5.74) is 4.00. The molecule has 1 aliphatic carbocycles. The van der Waals surface area contributed by atoms with E-state index >= 15 is 0 Å². The first-order valence-corrected chi connectivity index (χ1v) is 9.27. The Morgan fingerprint density at radius 1 is 1.12 bits per heavy atom. The minimum atomic E-state index is 0.526. The Morgan fingerprint density at radius 2 is 1.92 bits per heavy atom. The topological polar surface area (TPSA) is 29.0 Å². The van der Waals surface area contributed by atoms with E-state index in [1.54, 1.807) is 0 Å². The van der Waals surface area contributed by atoms with Crippen molar-refractivity contribution in [2.75, 3.05) is 11.4 Å². The summed E-state index contributed by atoms with van der Waals surface area (Å²) >= 11 is 0. The minimum absolute atomic E-state index is 0.526. The van der Waals surface area contributed by atoms with Crippen LogP contribution in [0, 0.1) is 19.8 Å². The van der Waals surface area contributed by atoms with Crippen LogP contribution < -0.4 is 4.90 Å². The highest BCUT2D eigenvalue weighted by Crippen LogP contribution is 2.36. The average molecular weight is 321 g/mol. The Morgan fingerprint density at radius 3 is 2.67 bits per heavy atom. The molecule has 2 unspecified atom stereocenters. The van der Waals surface area contributed by atoms with Crippen molar-refractivity contribution in [1.82, 2.24) is 9.97 Å². The van der Waals surface area contributed by atoms with Gasteiger partial charge >= 0.3 is 0 Å². The Hall–Kier alpha value is -1.90. The van der Waals surface area contributed by atoms with Crippen molar-refractivity contribution in [3.63, 3.8) is 0 Å². The third kappa shape index (κ3) is 3.17. The van der Waals surface area contributed by atoms with Gasteiger partial charge in [0.1, 0.15) is 11.6 Å². The second-order valence-corrected chi connectivity index (χ2v) is 7.72. The van der Waals surface area contributed by atoms with Crippen molar-refractivity contribution in [3.8, 4) is 0 Å². The second-order valence-electron chi connectivity index (χ2n) is 7.72. The van der Waals surface area contributed by atoms with Gasteiger partial charge in [-0.05, 0) is 57.1 Å². The number of hydrogen-bond acceptors (Lipinski definition) is 3. The third-order valence-corrected chi connectivity index (χ3v) is 5.55. The molecule has 0 N–H and O–H groups in total. The number of aromatic nitrogens is 2. The molecule has 2 heterocycles. The monoisotopic (exact) mass is 321 g/mol. The Balaban J connectivity index is 1.58. The normalized spacial score (nSPS) is 23.7. The minimum Gasteiger partial charge on any atom is -0.353 e. The number of rotatable bonds is 4. The van der Waals surface area contributed by atoms with Gasteiger partial charge in [-0.1, -0.05) is 24.3 Å². The van der Waals surface area contributed by atoms with Gasteiger partial charge in [-0.25, -0.2) is 9.97 Å². The molecule has 3 heteroatoms. The van der Waals surface area contributed by atoms with Crippen molar-refractivity contribution in [2.45, 2.75) is 58.4 Å². The molecule has 0 amide bonds. The van der Waals surface area contributed by atoms with E-state index in [1.807, 2.05) is 0 Å². The van der Waals surface area contributed by atoms with Crippen LogP contribution in [0.25, 0.3) is 0 Å². The maximum atomic E-state index is 4.91. The zero-order valence-electron chi connectivity index (χ0n) is 15.0. The molecule has 2 aliphatic rings. The fourth-order valence-electron chi connectivity index (χ4n) is 4.05. The molecular formula is C21H27N3. The van der Waals surface area contributed by atoms with Crippen LogP contribution in [0.1, 0.15) is 54.7 Å². The lowest BCUT2D eigenvalue weighted by Gasteiger charge is -2.23. The SMILES string of the molecule is Cc1cc(N2CC(c3ccccc3C)CC2C)nc(CC2CC2)n1. The second kappa shape index (κ2) is 6.19. The Bertz CT molecular complexity index is 736. The maximum Gasteiger partial charge on any atom is 0.132 e. The number of anilines is 1. The molecule has 3 nitrogen and oxygen atoms in total. The van der Waals surface area contributed by atoms with E-state index in [1.165, 1.54) is 30.4 Å². The highest BCUT2D eigenvalue weighted by molar-refractivity contribution is 5.45. The van der Waals surface area contributed by atoms with Crippen LogP contribution in [0.2, 0.25) is 0 Å². The lowest BCUT2D eigenvalue weighted by atomic mass is 9.93. The molecule has 2 atom stereocenters. The van der Waals surface area contributed by atoms with Crippen molar-refractivity contribution in [3.05, 3.63) is 53.0 Å². The zero-order chi connectivity index (χ0) is 16.7. The quantitative estimate of drug-likeness (QED) is 0.834. The molecule has 24 heavy (non-hydrogen) atoms. The summed E-state index contributed by atoms with van der Waals surface area (Å²) in [4.78, 5) is 12.1. The summed E-state index contributed by atoms with van der Waals surface area (Å²) < 4.78 is 0. The average Bonchev–Trinajstić information content (AvgIpc) is 3.27. The largest absolute Gasteiger partial charge is 0.353 e. The van der Waals surface area contributed by atoms with E-state index in [0.29, 0.717) is 12.0 Å². The molecule has 0 radical (unpaired) electrons. The number of nitrogens with zero attached hydrogens (tertiary/aromatic N) is 3. The van der Waals surface area contributed by atoms with Gasteiger partial charge < -0.3 is 4.90 Å². The van der Waals surface area contributed by atoms with Crippen LogP contribution in [0.3, 0.4) is 0 Å². The van der Waals surface area contributed by atoms with Crippen LogP contribution in [0.4, 0.5) is 5.82 Å². The first kappa shape index (κ1) is 15.6. The van der Waals surface area contributed by atoms with Gasteiger partial charge in [0.2, 0.25) is 0 Å². The maximum absolute atomic E-state index is 4.91. The smallest absolute Gasteiger partial charge is 0.132 e. The third-order valence-electron chi connectivity index (χ3n) is 5.55. The van der Waals surface area contributed by atoms with Gasteiger partial charge in [-0.3, -0.25) is 0 Å². The lowest BCUT2D eigenvalue weighted by Crippen LogP contribution is -2.28. The van der Waals surface area contributed by atoms with Crippen molar-refractivity contribution < 1.29 is 0 Å². The molecule has 1 saturated carbocycles. The van der Waals surface area contributed by atoms with E-state index in [9.17, 15) is 0 Å². The summed E-state index contributed by atoms with van der Waals surface area (Å²) in [5.74, 6) is 3.60. The van der Waals surface area contributed by atoms with Crippen molar-refractivity contribution >= 4 is 5.82 Å². The highest BCUT2D eigenvalue weighted by atomic mass is 15.2. The molecule has 1 saturated heterocycles. The highest BCUT2D eigenvalue weighted by Gasteiger charge is 2.32. The molecule has 1 aliphatic heterocycles. The van der Waals surface area contributed by atoms with Gasteiger partial charge in [0.15, 0.2) is 0 Å². The molecule has 2 fully saturated rings. The fraction of sp³-hybridized carbons (Fsp3) is 0.524. The molecule has 0 spiro atoms. The summed E-state index contributed by atoms with van der Waals surface area (Å²) in [6.45, 7) is 7.72. The summed E-state index contributed by atoms with van der Waals surface area (Å²) in [6.07, 6.45) is 4.95. The van der Waals surface area contributed by atoms with E-state index in [4.69, 9.17) is 4.98 Å². The first-order chi connectivity index (χ1) is 11.6. The Labute approximate surface area is 145 Å². The van der Waals surface area contributed by atoms with Gasteiger partial charge in [0.25, 0.3) is 0 Å². The fourth-order valence-corrected chi connectivity index (χ4v) is 4.05. The van der Waals surface area contributed by atoms with E-state index in [0.717, 1.165) is 36.2 Å². The summed E-state index contributed by atoms with van der Waals surface area (Å²) in [6, 6.07) is 11.5. The Kier molecular flexibility index (Phi) is 4.03. The van der Waals surface area contributed by atoms with Crippen molar-refractivity contribution in [1.29, 1.82) is 0 Å². The van der Waals surface area contributed by atoms with Crippen LogP contribution in [0.15, 0.2) is 30.3 Å².